The van der Waals surface area contributed by atoms with Crippen LogP contribution in [-0.4, -0.2) is 24.3 Å². The average Bonchev–Trinajstić information content (AvgIpc) is 2.78. The van der Waals surface area contributed by atoms with E-state index in [2.05, 4.69) is 14.7 Å². The molecule has 0 saturated heterocycles. The summed E-state index contributed by atoms with van der Waals surface area (Å²) in [6.07, 6.45) is 1.63. The molecule has 0 aliphatic heterocycles. The second kappa shape index (κ2) is 8.53. The van der Waals surface area contributed by atoms with Gasteiger partial charge in [-0.1, -0.05) is 35.9 Å². The molecule has 1 N–H and O–H groups in total. The van der Waals surface area contributed by atoms with Crippen molar-refractivity contribution < 1.29 is 17.9 Å². The van der Waals surface area contributed by atoms with Crippen molar-refractivity contribution in [1.82, 2.24) is 14.7 Å². The first-order chi connectivity index (χ1) is 14.9. The van der Waals surface area contributed by atoms with Gasteiger partial charge < -0.3 is 4.74 Å². The molecule has 0 unspecified atom stereocenters. The van der Waals surface area contributed by atoms with Crippen LogP contribution in [0.25, 0.3) is 11.0 Å². The summed E-state index contributed by atoms with van der Waals surface area (Å²) in [5, 5.41) is 0. The maximum Gasteiger partial charge on any atom is 0.265 e. The molecule has 3 aromatic carbocycles. The van der Waals surface area contributed by atoms with Gasteiger partial charge in [0.25, 0.3) is 15.9 Å². The largest absolute Gasteiger partial charge is 0.487 e. The third-order valence-electron chi connectivity index (χ3n) is 4.54. The van der Waals surface area contributed by atoms with Gasteiger partial charge in [0.2, 0.25) is 0 Å². The van der Waals surface area contributed by atoms with E-state index in [-0.39, 0.29) is 17.1 Å². The zero-order valence-electron chi connectivity index (χ0n) is 16.6. The Morgan fingerprint density at radius 1 is 0.968 bits per heavy atom. The molecule has 0 spiro atoms. The smallest absolute Gasteiger partial charge is 0.265 e. The van der Waals surface area contributed by atoms with E-state index in [1.54, 1.807) is 30.5 Å². The Kier molecular flexibility index (Phi) is 5.64. The number of aryl methyl sites for hydroxylation is 1. The van der Waals surface area contributed by atoms with Crippen LogP contribution in [0, 0.1) is 6.92 Å². The lowest BCUT2D eigenvalue weighted by atomic mass is 10.2. The lowest BCUT2D eigenvalue weighted by Gasteiger charge is -2.10. The number of hydrogen-bond donors (Lipinski definition) is 1. The molecule has 31 heavy (non-hydrogen) atoms. The highest BCUT2D eigenvalue weighted by atomic mass is 32.2. The Balaban J connectivity index is 1.45. The van der Waals surface area contributed by atoms with Crippen molar-refractivity contribution in [3.05, 3.63) is 95.8 Å². The minimum absolute atomic E-state index is 0.0220. The van der Waals surface area contributed by atoms with Gasteiger partial charge in [-0.25, -0.2) is 18.1 Å². The number of fused-ring (bicyclic) bond motifs is 1. The number of carbonyl (C=O) groups is 1. The van der Waals surface area contributed by atoms with E-state index in [0.717, 1.165) is 16.6 Å². The summed E-state index contributed by atoms with van der Waals surface area (Å²) in [7, 11) is -3.97. The number of aromatic nitrogens is 2. The molecule has 1 aromatic heterocycles. The molecule has 156 valence electrons. The van der Waals surface area contributed by atoms with Gasteiger partial charge in [-0.05, 0) is 49.4 Å². The van der Waals surface area contributed by atoms with Crippen LogP contribution < -0.4 is 9.46 Å². The summed E-state index contributed by atoms with van der Waals surface area (Å²) in [5.74, 6) is -0.327. The maximum atomic E-state index is 12.5. The molecule has 4 aromatic rings. The highest BCUT2D eigenvalue weighted by Gasteiger charge is 2.19. The van der Waals surface area contributed by atoms with Gasteiger partial charge in [0.1, 0.15) is 12.4 Å². The zero-order valence-corrected chi connectivity index (χ0v) is 17.5. The molecule has 0 radical (unpaired) electrons. The minimum Gasteiger partial charge on any atom is -0.487 e. The van der Waals surface area contributed by atoms with E-state index >= 15 is 0 Å². The SMILES string of the molecule is Cc1ccc(S(=O)(=O)NC(=O)c2cccc(OCc3cnc4ccccc4n3)c2)cc1. The fourth-order valence-electron chi connectivity index (χ4n) is 2.91. The Morgan fingerprint density at radius 3 is 2.48 bits per heavy atom. The monoisotopic (exact) mass is 433 g/mol. The van der Waals surface area contributed by atoms with E-state index in [0.29, 0.717) is 11.4 Å². The lowest BCUT2D eigenvalue weighted by molar-refractivity contribution is 0.0981. The summed E-state index contributed by atoms with van der Waals surface area (Å²) in [6.45, 7) is 2.01. The highest BCUT2D eigenvalue weighted by molar-refractivity contribution is 7.90. The maximum absolute atomic E-state index is 12.5. The molecule has 0 fully saturated rings. The zero-order chi connectivity index (χ0) is 21.8. The Morgan fingerprint density at radius 2 is 1.71 bits per heavy atom. The number of amides is 1. The Labute approximate surface area is 179 Å². The molecule has 0 bridgehead atoms. The summed E-state index contributed by atoms with van der Waals surface area (Å²) in [4.78, 5) is 21.4. The predicted molar refractivity (Wildman–Crippen MR) is 116 cm³/mol. The Hall–Kier alpha value is -3.78. The van der Waals surface area contributed by atoms with Crippen molar-refractivity contribution >= 4 is 27.0 Å². The number of benzene rings is 3. The van der Waals surface area contributed by atoms with Crippen LogP contribution in [0.15, 0.2) is 83.9 Å². The van der Waals surface area contributed by atoms with Crippen LogP contribution in [-0.2, 0) is 16.6 Å². The van der Waals surface area contributed by atoms with Gasteiger partial charge >= 0.3 is 0 Å². The van der Waals surface area contributed by atoms with Crippen LogP contribution in [0.4, 0.5) is 0 Å². The highest BCUT2D eigenvalue weighted by Crippen LogP contribution is 2.17. The number of sulfonamides is 1. The molecule has 4 rings (SSSR count). The molecular formula is C23H19N3O4S. The molecule has 0 atom stereocenters. The van der Waals surface area contributed by atoms with Crippen LogP contribution in [0.3, 0.4) is 0 Å². The van der Waals surface area contributed by atoms with Crippen LogP contribution in [0.2, 0.25) is 0 Å². The molecule has 1 amide bonds. The number of ether oxygens (including phenoxy) is 1. The summed E-state index contributed by atoms with van der Waals surface area (Å²) >= 11 is 0. The average molecular weight is 433 g/mol. The van der Waals surface area contributed by atoms with E-state index in [1.807, 2.05) is 31.2 Å². The molecule has 0 aliphatic carbocycles. The second-order valence-corrected chi connectivity index (χ2v) is 8.60. The molecule has 1 heterocycles. The predicted octanol–water partition coefficient (Wildman–Crippen LogP) is 3.64. The number of rotatable bonds is 6. The van der Waals surface area contributed by atoms with Gasteiger partial charge in [-0.2, -0.15) is 0 Å². The van der Waals surface area contributed by atoms with Gasteiger partial charge in [-0.15, -0.1) is 0 Å². The van der Waals surface area contributed by atoms with Crippen molar-refractivity contribution in [3.8, 4) is 5.75 Å². The summed E-state index contributed by atoms with van der Waals surface area (Å²) < 4.78 is 32.7. The van der Waals surface area contributed by atoms with Gasteiger partial charge in [0, 0.05) is 5.56 Å². The molecule has 8 heteroatoms. The number of nitrogens with one attached hydrogen (secondary N) is 1. The summed E-state index contributed by atoms with van der Waals surface area (Å²) in [5.41, 5.74) is 3.28. The fraction of sp³-hybridized carbons (Fsp3) is 0.0870. The second-order valence-electron chi connectivity index (χ2n) is 6.91. The quantitative estimate of drug-likeness (QED) is 0.499. The standard InChI is InChI=1S/C23H19N3O4S/c1-16-9-11-20(12-10-16)31(28,29)26-23(27)17-5-4-6-19(13-17)30-15-18-14-24-21-7-2-3-8-22(21)25-18/h2-14H,15H2,1H3,(H,26,27). The van der Waals surface area contributed by atoms with Crippen molar-refractivity contribution in [2.45, 2.75) is 18.4 Å². The fourth-order valence-corrected chi connectivity index (χ4v) is 3.88. The van der Waals surface area contributed by atoms with E-state index in [4.69, 9.17) is 4.74 Å². The molecule has 7 nitrogen and oxygen atoms in total. The molecule has 0 saturated carbocycles. The van der Waals surface area contributed by atoms with Crippen molar-refractivity contribution in [2.75, 3.05) is 0 Å². The molecule has 0 aliphatic rings. The Bertz CT molecular complexity index is 1350. The summed E-state index contributed by atoms with van der Waals surface area (Å²) in [6, 6.07) is 20.1. The normalized spacial score (nSPS) is 11.3. The van der Waals surface area contributed by atoms with Gasteiger partial charge in [0.05, 0.1) is 27.8 Å². The van der Waals surface area contributed by atoms with Crippen LogP contribution >= 0.6 is 0 Å². The van der Waals surface area contributed by atoms with Crippen LogP contribution in [0.1, 0.15) is 21.6 Å². The number of nitrogens with zero attached hydrogens (tertiary/aromatic N) is 2. The molecular weight excluding hydrogens is 414 g/mol. The van der Waals surface area contributed by atoms with E-state index < -0.39 is 15.9 Å². The number of carbonyl (C=O) groups excluding carboxylic acids is 1. The van der Waals surface area contributed by atoms with E-state index in [1.165, 1.54) is 24.3 Å². The van der Waals surface area contributed by atoms with Crippen LogP contribution in [0.5, 0.6) is 5.75 Å². The topological polar surface area (TPSA) is 98.2 Å². The first kappa shape index (κ1) is 20.5. The lowest BCUT2D eigenvalue weighted by Crippen LogP contribution is -2.30. The first-order valence-corrected chi connectivity index (χ1v) is 11.0. The van der Waals surface area contributed by atoms with E-state index in [9.17, 15) is 13.2 Å². The number of hydrogen-bond acceptors (Lipinski definition) is 6. The first-order valence-electron chi connectivity index (χ1n) is 9.48. The van der Waals surface area contributed by atoms with Crippen molar-refractivity contribution in [2.24, 2.45) is 0 Å². The van der Waals surface area contributed by atoms with Crippen molar-refractivity contribution in [3.63, 3.8) is 0 Å². The van der Waals surface area contributed by atoms with Gasteiger partial charge in [-0.3, -0.25) is 9.78 Å². The number of para-hydroxylation sites is 2. The minimum atomic E-state index is -3.97. The third-order valence-corrected chi connectivity index (χ3v) is 5.89. The third kappa shape index (κ3) is 4.87. The van der Waals surface area contributed by atoms with Crippen molar-refractivity contribution in [1.29, 1.82) is 0 Å². The van der Waals surface area contributed by atoms with Gasteiger partial charge in [0.15, 0.2) is 0 Å².